The van der Waals surface area contributed by atoms with Gasteiger partial charge in [0, 0.05) is 31.7 Å². The molecule has 1 saturated carbocycles. The molecule has 2 aromatic rings. The van der Waals surface area contributed by atoms with Crippen LogP contribution in [-0.2, 0) is 17.8 Å². The molecule has 4 heterocycles. The number of urea groups is 1. The van der Waals surface area contributed by atoms with Crippen LogP contribution in [0, 0.1) is 6.92 Å². The summed E-state index contributed by atoms with van der Waals surface area (Å²) in [6.07, 6.45) is 8.17. The average Bonchev–Trinajstić information content (AvgIpc) is 3.37. The van der Waals surface area contributed by atoms with Crippen molar-refractivity contribution in [2.45, 2.75) is 76.8 Å². The fraction of sp³-hybridized carbons (Fsp3) is 0.609. The van der Waals surface area contributed by atoms with Crippen LogP contribution in [0.25, 0.3) is 11.2 Å². The number of aryl methyl sites for hydroxylation is 3. The Labute approximate surface area is 187 Å². The summed E-state index contributed by atoms with van der Waals surface area (Å²) in [5.41, 5.74) is 2.08. The van der Waals surface area contributed by atoms with E-state index in [-0.39, 0.29) is 17.8 Å². The zero-order chi connectivity index (χ0) is 22.3. The number of aromatic nitrogens is 3. The number of pyridine rings is 1. The Balaban J connectivity index is 1.24. The molecule has 0 atom stereocenters. The number of imidazole rings is 1. The van der Waals surface area contributed by atoms with Crippen molar-refractivity contribution in [1.82, 2.24) is 30.1 Å². The van der Waals surface area contributed by atoms with Gasteiger partial charge in [-0.05, 0) is 45.1 Å². The van der Waals surface area contributed by atoms with Crippen molar-refractivity contribution in [3.8, 4) is 0 Å². The van der Waals surface area contributed by atoms with Crippen LogP contribution in [0.3, 0.4) is 0 Å². The number of imide groups is 1. The number of carbonyl (C=O) groups is 3. The molecule has 0 aromatic carbocycles. The zero-order valence-electron chi connectivity index (χ0n) is 18.6. The molecule has 9 heteroatoms. The molecular weight excluding hydrogens is 408 g/mol. The third-order valence-electron chi connectivity index (χ3n) is 6.98. The van der Waals surface area contributed by atoms with Gasteiger partial charge in [-0.25, -0.2) is 14.8 Å². The molecule has 0 radical (unpaired) electrons. The van der Waals surface area contributed by atoms with E-state index in [9.17, 15) is 14.4 Å². The molecule has 1 saturated heterocycles. The van der Waals surface area contributed by atoms with E-state index in [0.29, 0.717) is 30.6 Å². The number of fused-ring (bicyclic) bond motifs is 3. The maximum Gasteiger partial charge on any atom is 0.325 e. The molecule has 4 amide bonds. The Morgan fingerprint density at radius 3 is 2.78 bits per heavy atom. The van der Waals surface area contributed by atoms with Gasteiger partial charge >= 0.3 is 6.03 Å². The van der Waals surface area contributed by atoms with Gasteiger partial charge in [-0.3, -0.25) is 14.5 Å². The Morgan fingerprint density at radius 2 is 1.97 bits per heavy atom. The van der Waals surface area contributed by atoms with Crippen molar-refractivity contribution in [1.29, 1.82) is 0 Å². The molecule has 170 valence electrons. The SMILES string of the molecule is Cc1cc(C(=O)NCCCN2C(=O)NC3(CCCC3)C2=O)c2nc3n(c2n1)CCCCC3. The maximum absolute atomic E-state index is 13.0. The standard InChI is InChI=1S/C23H30N6O3/c1-15-14-16(18-19(25-15)28-12-6-2-3-8-17(28)26-18)20(30)24-11-7-13-29-21(31)23(27-22(29)32)9-4-5-10-23/h14H,2-13H2,1H3,(H,24,30)(H,27,32). The van der Waals surface area contributed by atoms with Crippen LogP contribution >= 0.6 is 0 Å². The van der Waals surface area contributed by atoms with E-state index in [4.69, 9.17) is 4.98 Å². The van der Waals surface area contributed by atoms with Crippen molar-refractivity contribution >= 4 is 29.0 Å². The minimum Gasteiger partial charge on any atom is -0.352 e. The van der Waals surface area contributed by atoms with Gasteiger partial charge in [0.05, 0.1) is 5.56 Å². The normalized spacial score (nSPS) is 20.0. The number of nitrogens with zero attached hydrogens (tertiary/aromatic N) is 4. The molecule has 2 aliphatic heterocycles. The zero-order valence-corrected chi connectivity index (χ0v) is 18.6. The molecule has 2 aromatic heterocycles. The minimum atomic E-state index is -0.681. The molecule has 0 bridgehead atoms. The van der Waals surface area contributed by atoms with Gasteiger partial charge in [-0.1, -0.05) is 19.3 Å². The highest BCUT2D eigenvalue weighted by molar-refractivity contribution is 6.07. The summed E-state index contributed by atoms with van der Waals surface area (Å²) in [4.78, 5) is 48.7. The Hall–Kier alpha value is -2.97. The molecule has 1 spiro atoms. The molecule has 2 fully saturated rings. The first-order valence-corrected chi connectivity index (χ1v) is 11.8. The van der Waals surface area contributed by atoms with E-state index in [1.807, 2.05) is 6.92 Å². The van der Waals surface area contributed by atoms with Gasteiger partial charge < -0.3 is 15.2 Å². The predicted molar refractivity (Wildman–Crippen MR) is 118 cm³/mol. The second-order valence-corrected chi connectivity index (χ2v) is 9.26. The van der Waals surface area contributed by atoms with Crippen molar-refractivity contribution in [2.24, 2.45) is 0 Å². The molecule has 0 unspecified atom stereocenters. The molecular formula is C23H30N6O3. The second kappa shape index (κ2) is 8.18. The monoisotopic (exact) mass is 438 g/mol. The molecule has 3 aliphatic rings. The maximum atomic E-state index is 13.0. The summed E-state index contributed by atoms with van der Waals surface area (Å²) >= 11 is 0. The van der Waals surface area contributed by atoms with Crippen LogP contribution in [0.5, 0.6) is 0 Å². The third-order valence-corrected chi connectivity index (χ3v) is 6.98. The highest BCUT2D eigenvalue weighted by Gasteiger charge is 2.52. The summed E-state index contributed by atoms with van der Waals surface area (Å²) in [6.45, 7) is 3.45. The highest BCUT2D eigenvalue weighted by Crippen LogP contribution is 2.35. The quantitative estimate of drug-likeness (QED) is 0.551. The number of rotatable bonds is 5. The number of hydrogen-bond donors (Lipinski definition) is 2. The first-order chi connectivity index (χ1) is 15.5. The van der Waals surface area contributed by atoms with Crippen LogP contribution < -0.4 is 10.6 Å². The Kier molecular flexibility index (Phi) is 5.35. The highest BCUT2D eigenvalue weighted by atomic mass is 16.2. The fourth-order valence-electron chi connectivity index (χ4n) is 5.32. The van der Waals surface area contributed by atoms with E-state index in [1.165, 1.54) is 11.3 Å². The van der Waals surface area contributed by atoms with Gasteiger partial charge in [-0.2, -0.15) is 0 Å². The Bertz CT molecular complexity index is 1090. The summed E-state index contributed by atoms with van der Waals surface area (Å²) < 4.78 is 2.16. The topological polar surface area (TPSA) is 109 Å². The fourth-order valence-corrected chi connectivity index (χ4v) is 5.32. The smallest absolute Gasteiger partial charge is 0.325 e. The lowest BCUT2D eigenvalue weighted by Crippen LogP contribution is -2.44. The van der Waals surface area contributed by atoms with Crippen LogP contribution in [0.1, 0.15) is 73.2 Å². The van der Waals surface area contributed by atoms with E-state index in [0.717, 1.165) is 68.7 Å². The third kappa shape index (κ3) is 3.53. The van der Waals surface area contributed by atoms with Crippen LogP contribution in [-0.4, -0.2) is 55.9 Å². The van der Waals surface area contributed by atoms with Crippen molar-refractivity contribution in [2.75, 3.05) is 13.1 Å². The van der Waals surface area contributed by atoms with Crippen LogP contribution in [0.15, 0.2) is 6.07 Å². The number of carbonyl (C=O) groups excluding carboxylic acids is 3. The van der Waals surface area contributed by atoms with E-state index >= 15 is 0 Å². The summed E-state index contributed by atoms with van der Waals surface area (Å²) in [6, 6.07) is 1.47. The summed E-state index contributed by atoms with van der Waals surface area (Å²) in [7, 11) is 0. The molecule has 2 N–H and O–H groups in total. The lowest BCUT2D eigenvalue weighted by Gasteiger charge is -2.20. The largest absolute Gasteiger partial charge is 0.352 e. The molecule has 32 heavy (non-hydrogen) atoms. The summed E-state index contributed by atoms with van der Waals surface area (Å²) in [5.74, 6) is 0.694. The molecule has 5 rings (SSSR count). The molecule has 9 nitrogen and oxygen atoms in total. The van der Waals surface area contributed by atoms with Gasteiger partial charge in [0.25, 0.3) is 11.8 Å². The number of hydrogen-bond acceptors (Lipinski definition) is 5. The van der Waals surface area contributed by atoms with Crippen LogP contribution in [0.2, 0.25) is 0 Å². The lowest BCUT2D eigenvalue weighted by atomic mass is 9.98. The number of amides is 4. The first-order valence-electron chi connectivity index (χ1n) is 11.8. The van der Waals surface area contributed by atoms with E-state index in [2.05, 4.69) is 20.2 Å². The van der Waals surface area contributed by atoms with Gasteiger partial charge in [0.15, 0.2) is 5.65 Å². The average molecular weight is 439 g/mol. The van der Waals surface area contributed by atoms with Crippen molar-refractivity contribution in [3.63, 3.8) is 0 Å². The second-order valence-electron chi connectivity index (χ2n) is 9.26. The molecule has 1 aliphatic carbocycles. The summed E-state index contributed by atoms with van der Waals surface area (Å²) in [5, 5.41) is 5.83. The van der Waals surface area contributed by atoms with Gasteiger partial charge in [-0.15, -0.1) is 0 Å². The lowest BCUT2D eigenvalue weighted by molar-refractivity contribution is -0.131. The Morgan fingerprint density at radius 1 is 1.16 bits per heavy atom. The van der Waals surface area contributed by atoms with E-state index < -0.39 is 5.54 Å². The van der Waals surface area contributed by atoms with Crippen molar-refractivity contribution in [3.05, 3.63) is 23.1 Å². The number of nitrogens with one attached hydrogen (secondary N) is 2. The van der Waals surface area contributed by atoms with Gasteiger partial charge in [0.2, 0.25) is 0 Å². The van der Waals surface area contributed by atoms with E-state index in [1.54, 1.807) is 6.07 Å². The predicted octanol–water partition coefficient (Wildman–Crippen LogP) is 2.45. The minimum absolute atomic E-state index is 0.114. The van der Waals surface area contributed by atoms with Crippen LogP contribution in [0.4, 0.5) is 4.79 Å². The van der Waals surface area contributed by atoms with Crippen molar-refractivity contribution < 1.29 is 14.4 Å². The first kappa shape index (κ1) is 20.9. The van der Waals surface area contributed by atoms with Gasteiger partial charge in [0.1, 0.15) is 16.9 Å².